The predicted molar refractivity (Wildman–Crippen MR) is 87.6 cm³/mol. The summed E-state index contributed by atoms with van der Waals surface area (Å²) in [4.78, 5) is 25.1. The van der Waals surface area contributed by atoms with Crippen molar-refractivity contribution >= 4 is 5.82 Å². The molecule has 3 N–H and O–H groups in total. The fourth-order valence-electron chi connectivity index (χ4n) is 2.88. The highest BCUT2D eigenvalue weighted by molar-refractivity contribution is 5.36. The molecule has 7 heteroatoms. The fourth-order valence-corrected chi connectivity index (χ4v) is 2.88. The Morgan fingerprint density at radius 1 is 1.48 bits per heavy atom. The average Bonchev–Trinajstić information content (AvgIpc) is 2.56. The van der Waals surface area contributed by atoms with Crippen LogP contribution in [0.25, 0.3) is 0 Å². The van der Waals surface area contributed by atoms with E-state index in [0.29, 0.717) is 24.6 Å². The molecule has 122 valence electrons. The summed E-state index contributed by atoms with van der Waals surface area (Å²) in [6, 6.07) is 3.68. The molecule has 1 atom stereocenters. The molecule has 0 amide bonds. The van der Waals surface area contributed by atoms with Crippen molar-refractivity contribution in [2.24, 2.45) is 0 Å². The molecule has 0 radical (unpaired) electrons. The van der Waals surface area contributed by atoms with E-state index in [1.807, 2.05) is 11.8 Å². The average molecular weight is 315 g/mol. The molecule has 2 aromatic rings. The topological polar surface area (TPSA) is 94.1 Å². The number of rotatable bonds is 4. The highest BCUT2D eigenvalue weighted by Gasteiger charge is 2.22. The number of aromatic amines is 1. The highest BCUT2D eigenvalue weighted by atomic mass is 16.3. The van der Waals surface area contributed by atoms with Crippen LogP contribution < -0.4 is 15.8 Å². The SMILES string of the molecule is Cc1ccc(O)c(CNC2CCCN(c3ncc[nH]c3=O)C2)n1. The van der Waals surface area contributed by atoms with E-state index in [0.717, 1.165) is 25.1 Å². The number of pyridine rings is 1. The number of hydrogen-bond donors (Lipinski definition) is 3. The Morgan fingerprint density at radius 3 is 3.17 bits per heavy atom. The van der Waals surface area contributed by atoms with Crippen LogP contribution in [0.15, 0.2) is 29.3 Å². The molecule has 7 nitrogen and oxygen atoms in total. The first-order valence-corrected chi connectivity index (χ1v) is 7.81. The van der Waals surface area contributed by atoms with E-state index in [4.69, 9.17) is 0 Å². The molecule has 2 aromatic heterocycles. The number of piperidine rings is 1. The quantitative estimate of drug-likeness (QED) is 0.777. The van der Waals surface area contributed by atoms with E-state index in [9.17, 15) is 9.90 Å². The van der Waals surface area contributed by atoms with Gasteiger partial charge < -0.3 is 20.3 Å². The number of H-pyrrole nitrogens is 1. The fraction of sp³-hybridized carbons (Fsp3) is 0.438. The molecule has 0 spiro atoms. The zero-order chi connectivity index (χ0) is 16.2. The Kier molecular flexibility index (Phi) is 4.57. The van der Waals surface area contributed by atoms with E-state index in [1.165, 1.54) is 6.20 Å². The van der Waals surface area contributed by atoms with E-state index in [-0.39, 0.29) is 17.4 Å². The molecule has 0 saturated carbocycles. The van der Waals surface area contributed by atoms with Gasteiger partial charge in [-0.1, -0.05) is 0 Å². The number of aromatic nitrogens is 3. The number of hydrogen-bond acceptors (Lipinski definition) is 6. The second-order valence-electron chi connectivity index (χ2n) is 5.83. The van der Waals surface area contributed by atoms with Crippen molar-refractivity contribution in [1.29, 1.82) is 0 Å². The van der Waals surface area contributed by atoms with Gasteiger partial charge in [0.25, 0.3) is 5.56 Å². The van der Waals surface area contributed by atoms with Crippen molar-refractivity contribution in [2.45, 2.75) is 32.4 Å². The maximum Gasteiger partial charge on any atom is 0.290 e. The number of nitrogens with zero attached hydrogens (tertiary/aromatic N) is 3. The second kappa shape index (κ2) is 6.78. The van der Waals surface area contributed by atoms with Crippen molar-refractivity contribution in [2.75, 3.05) is 18.0 Å². The van der Waals surface area contributed by atoms with Gasteiger partial charge in [0.2, 0.25) is 0 Å². The monoisotopic (exact) mass is 315 g/mol. The van der Waals surface area contributed by atoms with Gasteiger partial charge >= 0.3 is 0 Å². The highest BCUT2D eigenvalue weighted by Crippen LogP contribution is 2.17. The lowest BCUT2D eigenvalue weighted by molar-refractivity contribution is 0.407. The molecule has 23 heavy (non-hydrogen) atoms. The summed E-state index contributed by atoms with van der Waals surface area (Å²) >= 11 is 0. The zero-order valence-corrected chi connectivity index (χ0v) is 13.1. The maximum atomic E-state index is 11.9. The molecule has 0 bridgehead atoms. The zero-order valence-electron chi connectivity index (χ0n) is 13.1. The molecular weight excluding hydrogens is 294 g/mol. The predicted octanol–water partition coefficient (Wildman–Crippen LogP) is 0.938. The van der Waals surface area contributed by atoms with Crippen LogP contribution in [0.1, 0.15) is 24.2 Å². The minimum atomic E-state index is -0.161. The minimum absolute atomic E-state index is 0.161. The summed E-state index contributed by atoms with van der Waals surface area (Å²) in [7, 11) is 0. The largest absolute Gasteiger partial charge is 0.506 e. The van der Waals surface area contributed by atoms with Crippen molar-refractivity contribution in [3.8, 4) is 5.75 Å². The smallest absolute Gasteiger partial charge is 0.290 e. The molecule has 0 aliphatic carbocycles. The van der Waals surface area contributed by atoms with Gasteiger partial charge in [-0.05, 0) is 31.9 Å². The normalized spacial score (nSPS) is 18.1. The molecule has 3 heterocycles. The number of anilines is 1. The summed E-state index contributed by atoms with van der Waals surface area (Å²) in [6.45, 7) is 3.95. The van der Waals surface area contributed by atoms with Crippen LogP contribution in [0.5, 0.6) is 5.75 Å². The third-order valence-electron chi connectivity index (χ3n) is 4.06. The lowest BCUT2D eigenvalue weighted by Crippen LogP contribution is -2.47. The molecule has 1 saturated heterocycles. The van der Waals surface area contributed by atoms with Crippen LogP contribution in [-0.2, 0) is 6.54 Å². The molecular formula is C16H21N5O2. The van der Waals surface area contributed by atoms with Gasteiger partial charge in [0, 0.05) is 43.8 Å². The van der Waals surface area contributed by atoms with Gasteiger partial charge in [0.05, 0.1) is 5.69 Å². The van der Waals surface area contributed by atoms with Crippen molar-refractivity contribution in [3.05, 3.63) is 46.3 Å². The maximum absolute atomic E-state index is 11.9. The third-order valence-corrected chi connectivity index (χ3v) is 4.06. The van der Waals surface area contributed by atoms with Crippen LogP contribution in [0, 0.1) is 6.92 Å². The Morgan fingerprint density at radius 2 is 2.35 bits per heavy atom. The first kappa shape index (κ1) is 15.5. The summed E-state index contributed by atoms with van der Waals surface area (Å²) in [6.07, 6.45) is 5.15. The van der Waals surface area contributed by atoms with Crippen LogP contribution >= 0.6 is 0 Å². The molecule has 1 fully saturated rings. The van der Waals surface area contributed by atoms with Gasteiger partial charge in [0.15, 0.2) is 5.82 Å². The Balaban J connectivity index is 1.64. The molecule has 3 rings (SSSR count). The van der Waals surface area contributed by atoms with Gasteiger partial charge in [-0.15, -0.1) is 0 Å². The van der Waals surface area contributed by atoms with Crippen molar-refractivity contribution in [1.82, 2.24) is 20.3 Å². The number of aryl methyl sites for hydroxylation is 1. The van der Waals surface area contributed by atoms with E-state index >= 15 is 0 Å². The summed E-state index contributed by atoms with van der Waals surface area (Å²) in [5.74, 6) is 0.674. The van der Waals surface area contributed by atoms with Gasteiger partial charge in [-0.25, -0.2) is 4.98 Å². The molecule has 1 unspecified atom stereocenters. The van der Waals surface area contributed by atoms with Crippen LogP contribution in [0.2, 0.25) is 0 Å². The van der Waals surface area contributed by atoms with E-state index in [1.54, 1.807) is 18.3 Å². The van der Waals surface area contributed by atoms with Crippen LogP contribution in [0.4, 0.5) is 5.82 Å². The van der Waals surface area contributed by atoms with E-state index < -0.39 is 0 Å². The number of aromatic hydroxyl groups is 1. The lowest BCUT2D eigenvalue weighted by atomic mass is 10.1. The third kappa shape index (κ3) is 3.68. The summed E-state index contributed by atoms with van der Waals surface area (Å²) in [5.41, 5.74) is 1.37. The first-order chi connectivity index (χ1) is 11.1. The van der Waals surface area contributed by atoms with Crippen LogP contribution in [0.3, 0.4) is 0 Å². The van der Waals surface area contributed by atoms with Gasteiger partial charge in [-0.3, -0.25) is 9.78 Å². The Bertz CT molecular complexity index is 730. The molecule has 1 aliphatic rings. The van der Waals surface area contributed by atoms with Crippen LogP contribution in [-0.4, -0.2) is 39.2 Å². The van der Waals surface area contributed by atoms with E-state index in [2.05, 4.69) is 20.3 Å². The molecule has 0 aromatic carbocycles. The van der Waals surface area contributed by atoms with Gasteiger partial charge in [-0.2, -0.15) is 0 Å². The Labute approximate surface area is 134 Å². The second-order valence-corrected chi connectivity index (χ2v) is 5.83. The number of nitrogens with one attached hydrogen (secondary N) is 2. The minimum Gasteiger partial charge on any atom is -0.506 e. The lowest BCUT2D eigenvalue weighted by Gasteiger charge is -2.33. The van der Waals surface area contributed by atoms with Gasteiger partial charge in [0.1, 0.15) is 5.75 Å². The standard InChI is InChI=1S/C16H21N5O2/c1-11-4-5-14(22)13(20-11)9-19-12-3-2-8-21(10-12)15-16(23)18-7-6-17-15/h4-7,12,19,22H,2-3,8-10H2,1H3,(H,18,23). The first-order valence-electron chi connectivity index (χ1n) is 7.81. The Hall–Kier alpha value is -2.41. The molecule has 1 aliphatic heterocycles. The van der Waals surface area contributed by atoms with Crippen molar-refractivity contribution < 1.29 is 5.11 Å². The van der Waals surface area contributed by atoms with Crippen molar-refractivity contribution in [3.63, 3.8) is 0 Å². The summed E-state index contributed by atoms with van der Waals surface area (Å²) < 4.78 is 0. The summed E-state index contributed by atoms with van der Waals surface area (Å²) in [5, 5.41) is 13.3.